The van der Waals surface area contributed by atoms with Gasteiger partial charge in [0.2, 0.25) is 0 Å². The molecule has 0 saturated carbocycles. The molecule has 4 rings (SSSR count). The van der Waals surface area contributed by atoms with Crippen molar-refractivity contribution in [2.75, 3.05) is 5.32 Å². The first-order valence-electron chi connectivity index (χ1n) is 10.8. The van der Waals surface area contributed by atoms with Gasteiger partial charge in [0, 0.05) is 17.5 Å². The highest BCUT2D eigenvalue weighted by Gasteiger charge is 2.16. The number of aromatic amines is 1. The Morgan fingerprint density at radius 1 is 1.16 bits per heavy atom. The van der Waals surface area contributed by atoms with Gasteiger partial charge < -0.3 is 10.3 Å². The van der Waals surface area contributed by atoms with Crippen molar-refractivity contribution >= 4 is 22.8 Å². The number of pyridine rings is 2. The van der Waals surface area contributed by atoms with Crippen molar-refractivity contribution in [3.63, 3.8) is 0 Å². The standard InChI is InChI=1S/C23H22FN5O.C2H6/c1-4-13(2)19-14(3)11-17(12-26-19)27-23(30)18-9-10-25-22-20(18)28-21(29-22)15-5-7-16(24)8-6-15;1-2/h5-13H,4H2,1-3H3,(H,27,30)(H,25,28,29);1-2H3. The molecule has 0 bridgehead atoms. The van der Waals surface area contributed by atoms with Gasteiger partial charge >= 0.3 is 0 Å². The van der Waals surface area contributed by atoms with Crippen LogP contribution in [0, 0.1) is 12.7 Å². The topological polar surface area (TPSA) is 83.6 Å². The van der Waals surface area contributed by atoms with Crippen LogP contribution in [0.4, 0.5) is 10.1 Å². The summed E-state index contributed by atoms with van der Waals surface area (Å²) in [6.07, 6.45) is 4.23. The molecule has 0 aliphatic rings. The van der Waals surface area contributed by atoms with E-state index in [4.69, 9.17) is 0 Å². The Morgan fingerprint density at radius 3 is 2.53 bits per heavy atom. The number of rotatable bonds is 5. The molecular formula is C25H28FN5O. The van der Waals surface area contributed by atoms with E-state index >= 15 is 0 Å². The van der Waals surface area contributed by atoms with Crippen LogP contribution in [0.2, 0.25) is 0 Å². The maximum absolute atomic E-state index is 13.2. The summed E-state index contributed by atoms with van der Waals surface area (Å²) in [7, 11) is 0. The lowest BCUT2D eigenvalue weighted by molar-refractivity contribution is 0.102. The van der Waals surface area contributed by atoms with Crippen LogP contribution >= 0.6 is 0 Å². The van der Waals surface area contributed by atoms with Gasteiger partial charge in [0.25, 0.3) is 5.91 Å². The molecule has 0 aliphatic heterocycles. The van der Waals surface area contributed by atoms with E-state index in [0.29, 0.717) is 39.7 Å². The van der Waals surface area contributed by atoms with Crippen LogP contribution in [-0.4, -0.2) is 25.8 Å². The number of amides is 1. The molecule has 0 spiro atoms. The summed E-state index contributed by atoms with van der Waals surface area (Å²) < 4.78 is 13.2. The summed E-state index contributed by atoms with van der Waals surface area (Å²) in [5, 5.41) is 2.91. The number of H-pyrrole nitrogens is 1. The Labute approximate surface area is 187 Å². The molecule has 166 valence electrons. The number of carbonyl (C=O) groups is 1. The number of aryl methyl sites for hydroxylation is 1. The molecule has 1 aromatic carbocycles. The molecule has 2 N–H and O–H groups in total. The molecule has 1 amide bonds. The van der Waals surface area contributed by atoms with E-state index in [-0.39, 0.29) is 11.7 Å². The summed E-state index contributed by atoms with van der Waals surface area (Å²) in [5.74, 6) is 0.281. The molecule has 0 saturated heterocycles. The molecule has 4 aromatic rings. The van der Waals surface area contributed by atoms with Crippen molar-refractivity contribution in [1.29, 1.82) is 0 Å². The van der Waals surface area contributed by atoms with E-state index in [9.17, 15) is 9.18 Å². The number of hydrogen-bond donors (Lipinski definition) is 2. The third-order valence-electron chi connectivity index (χ3n) is 5.21. The molecule has 3 aromatic heterocycles. The first-order valence-corrected chi connectivity index (χ1v) is 10.8. The zero-order valence-corrected chi connectivity index (χ0v) is 19.0. The predicted molar refractivity (Wildman–Crippen MR) is 126 cm³/mol. The first kappa shape index (κ1) is 23.1. The average Bonchev–Trinajstić information content (AvgIpc) is 3.25. The first-order chi connectivity index (χ1) is 15.5. The lowest BCUT2D eigenvalue weighted by Crippen LogP contribution is -2.13. The third-order valence-corrected chi connectivity index (χ3v) is 5.21. The van der Waals surface area contributed by atoms with E-state index in [2.05, 4.69) is 39.1 Å². The highest BCUT2D eigenvalue weighted by molar-refractivity contribution is 6.11. The van der Waals surface area contributed by atoms with Gasteiger partial charge in [-0.05, 0) is 61.2 Å². The molecule has 0 aliphatic carbocycles. The monoisotopic (exact) mass is 433 g/mol. The number of carbonyl (C=O) groups excluding carboxylic acids is 1. The number of nitrogens with one attached hydrogen (secondary N) is 2. The normalized spacial score (nSPS) is 11.6. The van der Waals surface area contributed by atoms with Crippen LogP contribution < -0.4 is 5.32 Å². The third kappa shape index (κ3) is 4.82. The van der Waals surface area contributed by atoms with Crippen molar-refractivity contribution in [3.05, 3.63) is 71.4 Å². The van der Waals surface area contributed by atoms with Crippen LogP contribution in [0.25, 0.3) is 22.6 Å². The second-order valence-corrected chi connectivity index (χ2v) is 7.34. The largest absolute Gasteiger partial charge is 0.336 e. The number of nitrogens with zero attached hydrogens (tertiary/aromatic N) is 3. The Morgan fingerprint density at radius 2 is 1.88 bits per heavy atom. The molecule has 1 unspecified atom stereocenters. The van der Waals surface area contributed by atoms with Gasteiger partial charge in [0.1, 0.15) is 11.6 Å². The molecule has 32 heavy (non-hydrogen) atoms. The summed E-state index contributed by atoms with van der Waals surface area (Å²) in [6.45, 7) is 10.3. The minimum Gasteiger partial charge on any atom is -0.336 e. The Bertz CT molecular complexity index is 1220. The van der Waals surface area contributed by atoms with E-state index < -0.39 is 0 Å². The van der Waals surface area contributed by atoms with E-state index in [0.717, 1.165) is 17.7 Å². The molecule has 1 atom stereocenters. The lowest BCUT2D eigenvalue weighted by Gasteiger charge is -2.13. The van der Waals surface area contributed by atoms with Gasteiger partial charge in [-0.2, -0.15) is 0 Å². The quantitative estimate of drug-likeness (QED) is 0.389. The van der Waals surface area contributed by atoms with Gasteiger partial charge in [0.05, 0.1) is 23.0 Å². The molecule has 6 nitrogen and oxygen atoms in total. The zero-order valence-electron chi connectivity index (χ0n) is 19.0. The Kier molecular flexibility index (Phi) is 7.30. The van der Waals surface area contributed by atoms with Crippen LogP contribution in [0.15, 0.2) is 48.8 Å². The summed E-state index contributed by atoms with van der Waals surface area (Å²) in [4.78, 5) is 29.3. The molecule has 0 radical (unpaired) electrons. The minimum absolute atomic E-state index is 0.283. The predicted octanol–water partition coefficient (Wildman–Crippen LogP) is 6.26. The van der Waals surface area contributed by atoms with E-state index in [1.807, 2.05) is 26.8 Å². The summed E-state index contributed by atoms with van der Waals surface area (Å²) >= 11 is 0. The molecule has 3 heterocycles. The fourth-order valence-electron chi connectivity index (χ4n) is 3.41. The van der Waals surface area contributed by atoms with Crippen LogP contribution in [0.5, 0.6) is 0 Å². The number of imidazole rings is 1. The van der Waals surface area contributed by atoms with Crippen molar-refractivity contribution < 1.29 is 9.18 Å². The highest BCUT2D eigenvalue weighted by Crippen LogP contribution is 2.24. The number of fused-ring (bicyclic) bond motifs is 1. The fraction of sp³-hybridized carbons (Fsp3) is 0.280. The fourth-order valence-corrected chi connectivity index (χ4v) is 3.41. The number of aromatic nitrogens is 4. The second-order valence-electron chi connectivity index (χ2n) is 7.34. The van der Waals surface area contributed by atoms with Gasteiger partial charge in [0.15, 0.2) is 5.65 Å². The number of hydrogen-bond acceptors (Lipinski definition) is 4. The Balaban J connectivity index is 0.00000141. The van der Waals surface area contributed by atoms with Crippen molar-refractivity contribution in [2.45, 2.75) is 47.0 Å². The number of anilines is 1. The second kappa shape index (κ2) is 10.1. The van der Waals surface area contributed by atoms with Crippen molar-refractivity contribution in [1.82, 2.24) is 19.9 Å². The average molecular weight is 434 g/mol. The van der Waals surface area contributed by atoms with Gasteiger partial charge in [-0.25, -0.2) is 14.4 Å². The smallest absolute Gasteiger partial charge is 0.258 e. The van der Waals surface area contributed by atoms with Crippen LogP contribution in [0.3, 0.4) is 0 Å². The van der Waals surface area contributed by atoms with Gasteiger partial charge in [-0.15, -0.1) is 0 Å². The van der Waals surface area contributed by atoms with Crippen molar-refractivity contribution in [3.8, 4) is 11.4 Å². The maximum atomic E-state index is 13.2. The van der Waals surface area contributed by atoms with E-state index in [1.165, 1.54) is 12.1 Å². The molecular weight excluding hydrogens is 405 g/mol. The minimum atomic E-state index is -0.323. The van der Waals surface area contributed by atoms with Crippen molar-refractivity contribution in [2.24, 2.45) is 0 Å². The molecule has 0 fully saturated rings. The van der Waals surface area contributed by atoms with Crippen LogP contribution in [0.1, 0.15) is 61.6 Å². The van der Waals surface area contributed by atoms with Gasteiger partial charge in [-0.1, -0.05) is 27.7 Å². The van der Waals surface area contributed by atoms with Crippen LogP contribution in [-0.2, 0) is 0 Å². The SMILES string of the molecule is CC.CCC(C)c1ncc(NC(=O)c2ccnc3nc(-c4ccc(F)cc4)[nH]c23)cc1C. The maximum Gasteiger partial charge on any atom is 0.258 e. The highest BCUT2D eigenvalue weighted by atomic mass is 19.1. The number of benzene rings is 1. The number of halogens is 1. The zero-order chi connectivity index (χ0) is 23.3. The lowest BCUT2D eigenvalue weighted by atomic mass is 10.00. The summed E-state index contributed by atoms with van der Waals surface area (Å²) in [6, 6.07) is 9.55. The molecule has 7 heteroatoms. The summed E-state index contributed by atoms with van der Waals surface area (Å²) in [5.41, 5.74) is 4.79. The van der Waals surface area contributed by atoms with E-state index in [1.54, 1.807) is 30.6 Å². The Hall–Kier alpha value is -3.61. The van der Waals surface area contributed by atoms with Gasteiger partial charge in [-0.3, -0.25) is 9.78 Å².